The molecule has 0 bridgehead atoms. The van der Waals surface area contributed by atoms with Gasteiger partial charge in [-0.3, -0.25) is 38.9 Å². The monoisotopic (exact) mass is 753 g/mol. The summed E-state index contributed by atoms with van der Waals surface area (Å²) >= 11 is 0. The molecule has 1 heterocycles. The molecule has 1 aliphatic heterocycles. The first-order valence-electron chi connectivity index (χ1n) is 13.3. The summed E-state index contributed by atoms with van der Waals surface area (Å²) in [4.78, 5) is 46.5. The number of nitrogens with two attached hydrogens (primary N) is 1. The van der Waals surface area contributed by atoms with E-state index in [0.717, 1.165) is 54.7 Å². The molecule has 1 aliphatic carbocycles. The molecule has 0 aromatic heterocycles. The van der Waals surface area contributed by atoms with Gasteiger partial charge in [0, 0.05) is 28.3 Å². The van der Waals surface area contributed by atoms with E-state index in [1.807, 2.05) is 10.7 Å². The molecule has 0 saturated heterocycles. The van der Waals surface area contributed by atoms with Gasteiger partial charge >= 0.3 is 5.97 Å². The van der Waals surface area contributed by atoms with Crippen LogP contribution in [-0.4, -0.2) is 79.9 Å². The Morgan fingerprint density at radius 2 is 1.56 bits per heavy atom. The van der Waals surface area contributed by atoms with Crippen molar-refractivity contribution in [3.05, 3.63) is 71.2 Å². The lowest BCUT2D eigenvalue weighted by molar-refractivity contribution is -0.123. The molecule has 50 heavy (non-hydrogen) atoms. The van der Waals surface area contributed by atoms with Crippen molar-refractivity contribution in [2.45, 2.75) is 15.8 Å². The van der Waals surface area contributed by atoms with Crippen LogP contribution in [0.25, 0.3) is 33.4 Å². The largest absolute Gasteiger partial charge is 0.478 e. The number of carbonyl (C=O) groups excluding carboxylic acids is 3. The van der Waals surface area contributed by atoms with E-state index >= 15 is 0 Å². The minimum atomic E-state index is -5.28. The van der Waals surface area contributed by atoms with Crippen molar-refractivity contribution < 1.29 is 67.6 Å². The SMILES string of the molecule is N=c1ccc2c(-c3ccc(C(=O)NC(CS(=O)(=O)O)C(=O)NNC=CC=O)cc3C(=O)O)c3ccc(N)c(S(=O)(=O)O)c3oc-2c1S(=O)(=O)O. The van der Waals surface area contributed by atoms with E-state index in [0.29, 0.717) is 6.29 Å². The molecular weight excluding hydrogens is 731 g/mol. The third-order valence-electron chi connectivity index (χ3n) is 6.75. The quantitative estimate of drug-likeness (QED) is 0.0225. The zero-order valence-electron chi connectivity index (χ0n) is 24.6. The van der Waals surface area contributed by atoms with Crippen molar-refractivity contribution in [2.24, 2.45) is 0 Å². The molecule has 0 spiro atoms. The van der Waals surface area contributed by atoms with Gasteiger partial charge in [0.2, 0.25) is 0 Å². The third-order valence-corrected chi connectivity index (χ3v) is 9.36. The molecule has 1 unspecified atom stereocenters. The van der Waals surface area contributed by atoms with Crippen LogP contribution < -0.4 is 27.3 Å². The summed E-state index contributed by atoms with van der Waals surface area (Å²) in [6, 6.07) is 4.91. The molecule has 2 amide bonds. The van der Waals surface area contributed by atoms with Gasteiger partial charge in [0.15, 0.2) is 21.1 Å². The molecule has 1 atom stereocenters. The number of nitrogen functional groups attached to an aromatic ring is 1. The predicted molar refractivity (Wildman–Crippen MR) is 169 cm³/mol. The number of fused-ring (bicyclic) bond motifs is 2. The number of carbonyl (C=O) groups is 4. The lowest BCUT2D eigenvalue weighted by atomic mass is 9.89. The van der Waals surface area contributed by atoms with E-state index < -0.39 is 103 Å². The van der Waals surface area contributed by atoms with Crippen LogP contribution in [0.1, 0.15) is 20.7 Å². The molecule has 20 nitrogen and oxygen atoms in total. The second kappa shape index (κ2) is 13.7. The molecule has 23 heteroatoms. The number of hydrazine groups is 1. The van der Waals surface area contributed by atoms with Gasteiger partial charge in [-0.1, -0.05) is 6.07 Å². The molecule has 2 aliphatic rings. The van der Waals surface area contributed by atoms with Crippen LogP contribution in [-0.2, 0) is 39.9 Å². The normalized spacial score (nSPS) is 12.9. The van der Waals surface area contributed by atoms with Gasteiger partial charge in [-0.2, -0.15) is 25.3 Å². The first-order chi connectivity index (χ1) is 23.2. The maximum atomic E-state index is 13.2. The van der Waals surface area contributed by atoms with Gasteiger partial charge in [0.1, 0.15) is 18.1 Å². The lowest BCUT2D eigenvalue weighted by Gasteiger charge is -2.20. The second-order valence-corrected chi connectivity index (χ2v) is 14.3. The van der Waals surface area contributed by atoms with Crippen molar-refractivity contribution in [2.75, 3.05) is 11.5 Å². The fraction of sp³-hybridized carbons (Fsp3) is 0.0741. The number of carboxylic acids is 1. The maximum Gasteiger partial charge on any atom is 0.336 e. The molecule has 4 rings (SSSR count). The smallest absolute Gasteiger partial charge is 0.336 e. The average molecular weight is 754 g/mol. The summed E-state index contributed by atoms with van der Waals surface area (Å²) in [5.41, 5.74) is 6.31. The Kier molecular flexibility index (Phi) is 10.1. The number of allylic oxidation sites excluding steroid dienone is 1. The molecule has 0 saturated carbocycles. The van der Waals surface area contributed by atoms with Crippen molar-refractivity contribution in [1.29, 1.82) is 5.41 Å². The van der Waals surface area contributed by atoms with Crippen LogP contribution >= 0.6 is 0 Å². The Labute approximate surface area is 280 Å². The van der Waals surface area contributed by atoms with Crippen LogP contribution in [0.4, 0.5) is 5.69 Å². The highest BCUT2D eigenvalue weighted by molar-refractivity contribution is 7.86. The van der Waals surface area contributed by atoms with E-state index in [4.69, 9.17) is 15.6 Å². The van der Waals surface area contributed by atoms with Crippen molar-refractivity contribution >= 4 is 71.1 Å². The maximum absolute atomic E-state index is 13.2. The Morgan fingerprint density at radius 1 is 0.920 bits per heavy atom. The van der Waals surface area contributed by atoms with Crippen LogP contribution in [0.3, 0.4) is 0 Å². The summed E-state index contributed by atoms with van der Waals surface area (Å²) in [5.74, 6) is -6.37. The Balaban J connectivity index is 1.98. The second-order valence-electron chi connectivity index (χ2n) is 10.1. The van der Waals surface area contributed by atoms with E-state index in [2.05, 4.69) is 5.43 Å². The van der Waals surface area contributed by atoms with Gasteiger partial charge in [-0.05, 0) is 48.0 Å². The molecule has 0 fully saturated rings. The number of benzene rings is 3. The van der Waals surface area contributed by atoms with E-state index in [1.165, 1.54) is 0 Å². The van der Waals surface area contributed by atoms with Crippen molar-refractivity contribution in [1.82, 2.24) is 16.2 Å². The number of hydrogen-bond acceptors (Lipinski definition) is 14. The first kappa shape index (κ1) is 37.1. The van der Waals surface area contributed by atoms with Crippen LogP contribution in [0.2, 0.25) is 0 Å². The molecule has 264 valence electrons. The van der Waals surface area contributed by atoms with Crippen LogP contribution in [0, 0.1) is 5.41 Å². The topological polar surface area (TPSA) is 351 Å². The number of amides is 2. The lowest BCUT2D eigenvalue weighted by Crippen LogP contribution is -2.52. The minimum absolute atomic E-state index is 0.279. The molecule has 2 aromatic rings. The third kappa shape index (κ3) is 7.77. The molecule has 10 N–H and O–H groups in total. The number of aromatic carboxylic acids is 1. The predicted octanol–water partition coefficient (Wildman–Crippen LogP) is -0.223. The molecule has 2 aromatic carbocycles. The Morgan fingerprint density at radius 3 is 2.14 bits per heavy atom. The van der Waals surface area contributed by atoms with E-state index in [-0.39, 0.29) is 22.1 Å². The first-order valence-corrected chi connectivity index (χ1v) is 17.8. The highest BCUT2D eigenvalue weighted by Crippen LogP contribution is 2.45. The minimum Gasteiger partial charge on any atom is -0.478 e. The summed E-state index contributed by atoms with van der Waals surface area (Å²) < 4.78 is 107. The highest BCUT2D eigenvalue weighted by atomic mass is 32.2. The van der Waals surface area contributed by atoms with Gasteiger partial charge in [-0.15, -0.1) is 0 Å². The highest BCUT2D eigenvalue weighted by Gasteiger charge is 2.32. The van der Waals surface area contributed by atoms with E-state index in [9.17, 15) is 63.2 Å². The standard InChI is InChI=1S/C27H23N5O15S3/c28-17-6-4-14-20(15-5-7-18(29)24(50(44,45)46)22(15)47-21(14)23(17)49(41,42)43)13-3-2-12(10-16(13)27(36)37)25(34)31-19(11-48(38,39)40)26(35)32-30-8-1-9-33/h1-10,19,28,30H,11,29H2,(H,31,34)(H,32,35)(H,36,37)(H,38,39,40)(H,41,42,43)(H,44,45,46). The van der Waals surface area contributed by atoms with Crippen molar-refractivity contribution in [3.63, 3.8) is 0 Å². The fourth-order valence-corrected chi connectivity index (χ4v) is 6.94. The zero-order chi connectivity index (χ0) is 37.3. The van der Waals surface area contributed by atoms with Gasteiger partial charge in [0.25, 0.3) is 42.2 Å². The zero-order valence-corrected chi connectivity index (χ0v) is 27.1. The van der Waals surface area contributed by atoms with Crippen LogP contribution in [0.15, 0.2) is 68.9 Å². The number of hydrogen-bond donors (Lipinski definition) is 9. The number of carboxylic acid groups (broad SMARTS) is 1. The fourth-order valence-electron chi connectivity index (χ4n) is 4.80. The summed E-state index contributed by atoms with van der Waals surface area (Å²) in [7, 11) is -15.4. The summed E-state index contributed by atoms with van der Waals surface area (Å²) in [6.07, 6.45) is 2.18. The van der Waals surface area contributed by atoms with Gasteiger partial charge in [0.05, 0.1) is 16.6 Å². The van der Waals surface area contributed by atoms with Crippen molar-refractivity contribution in [3.8, 4) is 22.5 Å². The molecule has 0 radical (unpaired) electrons. The van der Waals surface area contributed by atoms with Crippen LogP contribution in [0.5, 0.6) is 0 Å². The number of anilines is 1. The van der Waals surface area contributed by atoms with E-state index in [1.54, 1.807) is 0 Å². The summed E-state index contributed by atoms with van der Waals surface area (Å²) in [6.45, 7) is 0. The molecular formula is C27H23N5O15S3. The van der Waals surface area contributed by atoms with Gasteiger partial charge in [-0.25, -0.2) is 4.79 Å². The van der Waals surface area contributed by atoms with Gasteiger partial charge < -0.3 is 26.0 Å². The number of aldehydes is 1. The Hall–Kier alpha value is -5.72. The number of nitrogens with one attached hydrogen (secondary N) is 4. The Bertz CT molecular complexity index is 2490. The number of rotatable bonds is 12. The average Bonchev–Trinajstić information content (AvgIpc) is 2.99. The summed E-state index contributed by atoms with van der Waals surface area (Å²) in [5, 5.41) is 19.2.